The Hall–Kier alpha value is -0.440. The minimum absolute atomic E-state index is 0.313. The molecule has 0 radical (unpaired) electrons. The second-order valence-corrected chi connectivity index (χ2v) is 2.58. The molecular formula is C6H5BrFN. The van der Waals surface area contributed by atoms with Crippen LogP contribution in [0.25, 0.3) is 0 Å². The summed E-state index contributed by atoms with van der Waals surface area (Å²) in [5.41, 5.74) is 0.802. The average molecular weight is 190 g/mol. The van der Waals surface area contributed by atoms with Gasteiger partial charge in [-0.3, -0.25) is 4.98 Å². The van der Waals surface area contributed by atoms with Gasteiger partial charge in [0.15, 0.2) is 0 Å². The molecule has 0 aliphatic heterocycles. The Balaban J connectivity index is 3.17. The van der Waals surface area contributed by atoms with Crippen LogP contribution in [0.1, 0.15) is 5.69 Å². The van der Waals surface area contributed by atoms with Gasteiger partial charge in [0.05, 0.1) is 11.9 Å². The van der Waals surface area contributed by atoms with Crippen LogP contribution in [0, 0.1) is 12.7 Å². The summed E-state index contributed by atoms with van der Waals surface area (Å²) in [5.74, 6) is -0.313. The Morgan fingerprint density at radius 1 is 1.67 bits per heavy atom. The van der Waals surface area contributed by atoms with Crippen LogP contribution in [-0.2, 0) is 0 Å². The minimum atomic E-state index is -0.313. The van der Waals surface area contributed by atoms with E-state index in [-0.39, 0.29) is 5.82 Å². The first-order valence-corrected chi connectivity index (χ1v) is 3.27. The van der Waals surface area contributed by atoms with E-state index in [1.54, 1.807) is 0 Å². The average Bonchev–Trinajstić information content (AvgIpc) is 1.80. The maximum atomic E-state index is 12.3. The van der Waals surface area contributed by atoms with Crippen molar-refractivity contribution in [3.8, 4) is 0 Å². The van der Waals surface area contributed by atoms with E-state index in [4.69, 9.17) is 0 Å². The molecule has 1 nitrogen and oxygen atoms in total. The summed E-state index contributed by atoms with van der Waals surface area (Å²) >= 11 is 3.14. The molecule has 0 N–H and O–H groups in total. The lowest BCUT2D eigenvalue weighted by atomic mass is 10.4. The summed E-state index contributed by atoms with van der Waals surface area (Å²) in [5, 5.41) is 0. The topological polar surface area (TPSA) is 12.9 Å². The van der Waals surface area contributed by atoms with Crippen LogP contribution in [0.2, 0.25) is 0 Å². The molecule has 0 saturated carbocycles. The minimum Gasteiger partial charge on any atom is -0.257 e. The normalized spacial score (nSPS) is 9.67. The summed E-state index contributed by atoms with van der Waals surface area (Å²) in [6.07, 6.45) is 1.19. The molecule has 0 fully saturated rings. The van der Waals surface area contributed by atoms with Crippen LogP contribution in [0.4, 0.5) is 4.39 Å². The lowest BCUT2D eigenvalue weighted by molar-refractivity contribution is 0.619. The van der Waals surface area contributed by atoms with Gasteiger partial charge in [0.1, 0.15) is 5.82 Å². The maximum absolute atomic E-state index is 12.3. The Labute approximate surface area is 61.0 Å². The van der Waals surface area contributed by atoms with Gasteiger partial charge in [-0.15, -0.1) is 0 Å². The van der Waals surface area contributed by atoms with Crippen molar-refractivity contribution in [2.45, 2.75) is 6.92 Å². The molecular weight excluding hydrogens is 185 g/mol. The summed E-state index contributed by atoms with van der Waals surface area (Å²) in [6.45, 7) is 1.81. The molecule has 0 aromatic carbocycles. The summed E-state index contributed by atoms with van der Waals surface area (Å²) in [4.78, 5) is 3.76. The summed E-state index contributed by atoms with van der Waals surface area (Å²) in [6, 6.07) is 1.39. The zero-order valence-corrected chi connectivity index (χ0v) is 6.44. The van der Waals surface area contributed by atoms with E-state index in [0.717, 1.165) is 5.69 Å². The second-order valence-electron chi connectivity index (χ2n) is 1.72. The lowest BCUT2D eigenvalue weighted by Crippen LogP contribution is -1.83. The molecule has 1 aromatic rings. The number of aromatic nitrogens is 1. The number of halogens is 2. The van der Waals surface area contributed by atoms with Crippen molar-refractivity contribution in [2.24, 2.45) is 0 Å². The molecule has 0 atom stereocenters. The molecule has 0 spiro atoms. The van der Waals surface area contributed by atoms with Gasteiger partial charge in [-0.05, 0) is 28.9 Å². The van der Waals surface area contributed by atoms with Crippen LogP contribution in [-0.4, -0.2) is 4.98 Å². The predicted molar refractivity (Wildman–Crippen MR) is 36.6 cm³/mol. The standard InChI is InChI=1S/C6H5BrFN/c1-4-6(7)2-5(8)3-9-4/h2-3H,1H3. The van der Waals surface area contributed by atoms with Crippen molar-refractivity contribution >= 4 is 15.9 Å². The first-order valence-electron chi connectivity index (χ1n) is 2.48. The van der Waals surface area contributed by atoms with Gasteiger partial charge < -0.3 is 0 Å². The van der Waals surface area contributed by atoms with Gasteiger partial charge in [-0.1, -0.05) is 0 Å². The van der Waals surface area contributed by atoms with Gasteiger partial charge in [-0.25, -0.2) is 4.39 Å². The third-order valence-corrected chi connectivity index (χ3v) is 1.79. The molecule has 48 valence electrons. The van der Waals surface area contributed by atoms with Crippen molar-refractivity contribution < 1.29 is 4.39 Å². The molecule has 0 aliphatic rings. The molecule has 0 unspecified atom stereocenters. The Kier molecular flexibility index (Phi) is 1.81. The molecule has 0 amide bonds. The van der Waals surface area contributed by atoms with Crippen molar-refractivity contribution in [3.63, 3.8) is 0 Å². The quantitative estimate of drug-likeness (QED) is 0.611. The fourth-order valence-electron chi connectivity index (χ4n) is 0.483. The monoisotopic (exact) mass is 189 g/mol. The molecule has 0 aliphatic carbocycles. The van der Waals surface area contributed by atoms with E-state index in [2.05, 4.69) is 20.9 Å². The number of rotatable bonds is 0. The highest BCUT2D eigenvalue weighted by Crippen LogP contribution is 2.13. The summed E-state index contributed by atoms with van der Waals surface area (Å²) < 4.78 is 13.0. The second kappa shape index (κ2) is 2.43. The zero-order chi connectivity index (χ0) is 6.85. The number of pyridine rings is 1. The van der Waals surface area contributed by atoms with Crippen LogP contribution >= 0.6 is 15.9 Å². The third-order valence-electron chi connectivity index (χ3n) is 0.992. The molecule has 0 bridgehead atoms. The first kappa shape index (κ1) is 6.68. The number of hydrogen-bond acceptors (Lipinski definition) is 1. The summed E-state index contributed by atoms with van der Waals surface area (Å²) in [7, 11) is 0. The molecule has 1 rings (SSSR count). The van der Waals surface area contributed by atoms with E-state index in [1.807, 2.05) is 6.92 Å². The van der Waals surface area contributed by atoms with Crippen LogP contribution < -0.4 is 0 Å². The number of hydrogen-bond donors (Lipinski definition) is 0. The van der Waals surface area contributed by atoms with Gasteiger partial charge in [0, 0.05) is 4.47 Å². The fraction of sp³-hybridized carbons (Fsp3) is 0.167. The van der Waals surface area contributed by atoms with Crippen LogP contribution in [0.15, 0.2) is 16.7 Å². The van der Waals surface area contributed by atoms with Gasteiger partial charge in [0.25, 0.3) is 0 Å². The zero-order valence-electron chi connectivity index (χ0n) is 4.86. The Morgan fingerprint density at radius 3 is 2.78 bits per heavy atom. The van der Waals surface area contributed by atoms with Crippen molar-refractivity contribution in [2.75, 3.05) is 0 Å². The molecule has 0 saturated heterocycles. The van der Waals surface area contributed by atoms with E-state index in [9.17, 15) is 4.39 Å². The molecule has 1 heterocycles. The van der Waals surface area contributed by atoms with E-state index < -0.39 is 0 Å². The predicted octanol–water partition coefficient (Wildman–Crippen LogP) is 2.29. The lowest BCUT2D eigenvalue weighted by Gasteiger charge is -1.93. The molecule has 9 heavy (non-hydrogen) atoms. The van der Waals surface area contributed by atoms with E-state index >= 15 is 0 Å². The van der Waals surface area contributed by atoms with Crippen molar-refractivity contribution in [1.82, 2.24) is 4.98 Å². The van der Waals surface area contributed by atoms with Crippen LogP contribution in [0.5, 0.6) is 0 Å². The van der Waals surface area contributed by atoms with E-state index in [0.29, 0.717) is 4.47 Å². The smallest absolute Gasteiger partial charge is 0.142 e. The molecule has 1 aromatic heterocycles. The first-order chi connectivity index (χ1) is 4.20. The van der Waals surface area contributed by atoms with Crippen molar-refractivity contribution in [3.05, 3.63) is 28.2 Å². The largest absolute Gasteiger partial charge is 0.257 e. The van der Waals surface area contributed by atoms with Gasteiger partial charge >= 0.3 is 0 Å². The van der Waals surface area contributed by atoms with E-state index in [1.165, 1.54) is 12.3 Å². The third kappa shape index (κ3) is 1.48. The van der Waals surface area contributed by atoms with Crippen LogP contribution in [0.3, 0.4) is 0 Å². The van der Waals surface area contributed by atoms with Gasteiger partial charge in [0.2, 0.25) is 0 Å². The highest BCUT2D eigenvalue weighted by atomic mass is 79.9. The molecule has 3 heteroatoms. The fourth-order valence-corrected chi connectivity index (χ4v) is 0.804. The van der Waals surface area contributed by atoms with Crippen molar-refractivity contribution in [1.29, 1.82) is 0 Å². The Bertz CT molecular complexity index is 224. The number of aryl methyl sites for hydroxylation is 1. The van der Waals surface area contributed by atoms with Gasteiger partial charge in [-0.2, -0.15) is 0 Å². The highest BCUT2D eigenvalue weighted by molar-refractivity contribution is 9.10. The number of nitrogens with zero attached hydrogens (tertiary/aromatic N) is 1. The highest BCUT2D eigenvalue weighted by Gasteiger charge is 1.95. The maximum Gasteiger partial charge on any atom is 0.142 e. The Morgan fingerprint density at radius 2 is 2.33 bits per heavy atom. The SMILES string of the molecule is Cc1ncc(F)cc1Br.